The van der Waals surface area contributed by atoms with Crippen molar-refractivity contribution in [1.29, 1.82) is 0 Å². The quantitative estimate of drug-likeness (QED) is 0.485. The molecule has 1 unspecified atom stereocenters. The molecule has 0 fully saturated rings. The van der Waals surface area contributed by atoms with Gasteiger partial charge >= 0.3 is 0 Å². The number of furan rings is 2. The topological polar surface area (TPSA) is 26.3 Å². The van der Waals surface area contributed by atoms with E-state index < -0.39 is 0 Å². The Hall–Kier alpha value is -2.22. The lowest BCUT2D eigenvalue weighted by atomic mass is 9.75. The summed E-state index contributed by atoms with van der Waals surface area (Å²) in [6, 6.07) is 18.9. The molecular formula is C24H30O2. The normalized spacial score (nSPS) is 13.7. The van der Waals surface area contributed by atoms with Crippen LogP contribution < -0.4 is 0 Å². The number of benzene rings is 1. The van der Waals surface area contributed by atoms with E-state index in [2.05, 4.69) is 77.1 Å². The molecule has 3 aromatic rings. The zero-order chi connectivity index (χ0) is 18.8. The van der Waals surface area contributed by atoms with E-state index in [9.17, 15) is 0 Å². The zero-order valence-corrected chi connectivity index (χ0v) is 16.6. The molecule has 2 heteroatoms. The molecule has 0 saturated heterocycles. The molecule has 2 nitrogen and oxygen atoms in total. The van der Waals surface area contributed by atoms with Gasteiger partial charge in [0.25, 0.3) is 0 Å². The van der Waals surface area contributed by atoms with Crippen molar-refractivity contribution >= 4 is 0 Å². The summed E-state index contributed by atoms with van der Waals surface area (Å²) in [5.74, 6) is 3.36. The van der Waals surface area contributed by atoms with Gasteiger partial charge in [0.15, 0.2) is 0 Å². The Morgan fingerprint density at radius 2 is 1.46 bits per heavy atom. The van der Waals surface area contributed by atoms with Crippen molar-refractivity contribution in [3.63, 3.8) is 0 Å². The summed E-state index contributed by atoms with van der Waals surface area (Å²) in [6.07, 6.45) is 3.53. The maximum atomic E-state index is 6.35. The van der Waals surface area contributed by atoms with Crippen LogP contribution in [-0.4, -0.2) is 0 Å². The van der Waals surface area contributed by atoms with Crippen LogP contribution in [0.2, 0.25) is 0 Å². The summed E-state index contributed by atoms with van der Waals surface area (Å²) in [5.41, 5.74) is 1.47. The van der Waals surface area contributed by atoms with Gasteiger partial charge < -0.3 is 8.83 Å². The van der Waals surface area contributed by atoms with Crippen molar-refractivity contribution in [1.82, 2.24) is 0 Å². The van der Waals surface area contributed by atoms with Crippen LogP contribution in [0.1, 0.15) is 63.4 Å². The maximum absolute atomic E-state index is 6.35. The SMILES string of the molecule is CC(C)(Cc1ccco1)Cc1ccc(C(c2ccccc2)C(C)(C)C)o1. The molecule has 138 valence electrons. The number of rotatable bonds is 6. The maximum Gasteiger partial charge on any atom is 0.112 e. The van der Waals surface area contributed by atoms with E-state index in [1.165, 1.54) is 5.56 Å². The molecule has 0 radical (unpaired) electrons. The highest BCUT2D eigenvalue weighted by Gasteiger charge is 2.31. The second-order valence-corrected chi connectivity index (χ2v) is 9.11. The standard InChI is InChI=1S/C24H30O2/c1-23(2,3)22(18-10-7-6-8-11-18)21-14-13-20(26-21)17-24(4,5)16-19-12-9-15-25-19/h6-15,22H,16-17H2,1-5H3. The third-order valence-electron chi connectivity index (χ3n) is 4.85. The van der Waals surface area contributed by atoms with Crippen molar-refractivity contribution in [2.75, 3.05) is 0 Å². The van der Waals surface area contributed by atoms with E-state index in [0.29, 0.717) is 0 Å². The Kier molecular flexibility index (Phi) is 5.13. The minimum absolute atomic E-state index is 0.0803. The fourth-order valence-electron chi connectivity index (χ4n) is 3.80. The highest BCUT2D eigenvalue weighted by atomic mass is 16.3. The lowest BCUT2D eigenvalue weighted by molar-refractivity contribution is 0.277. The zero-order valence-electron chi connectivity index (χ0n) is 16.6. The molecule has 0 saturated carbocycles. The van der Waals surface area contributed by atoms with Gasteiger partial charge in [0.1, 0.15) is 17.3 Å². The predicted molar refractivity (Wildman–Crippen MR) is 106 cm³/mol. The summed E-state index contributed by atoms with van der Waals surface area (Å²) < 4.78 is 11.9. The highest BCUT2D eigenvalue weighted by Crippen LogP contribution is 2.41. The second-order valence-electron chi connectivity index (χ2n) is 9.11. The summed E-state index contributed by atoms with van der Waals surface area (Å²) in [5, 5.41) is 0. The average Bonchev–Trinajstić information content (AvgIpc) is 3.19. The van der Waals surface area contributed by atoms with Gasteiger partial charge in [-0.3, -0.25) is 0 Å². The van der Waals surface area contributed by atoms with Crippen LogP contribution in [0.25, 0.3) is 0 Å². The van der Waals surface area contributed by atoms with Crippen LogP contribution in [-0.2, 0) is 12.8 Å². The molecule has 0 spiro atoms. The Morgan fingerprint density at radius 1 is 0.769 bits per heavy atom. The molecule has 0 amide bonds. The third kappa shape index (κ3) is 4.49. The van der Waals surface area contributed by atoms with Gasteiger partial charge in [-0.15, -0.1) is 0 Å². The van der Waals surface area contributed by atoms with Crippen molar-refractivity contribution in [3.05, 3.63) is 83.7 Å². The van der Waals surface area contributed by atoms with Gasteiger partial charge in [0, 0.05) is 18.8 Å². The van der Waals surface area contributed by atoms with E-state index in [1.54, 1.807) is 6.26 Å². The summed E-state index contributed by atoms with van der Waals surface area (Å²) in [7, 11) is 0. The first-order chi connectivity index (χ1) is 12.2. The molecule has 2 aromatic heterocycles. The molecule has 26 heavy (non-hydrogen) atoms. The fraction of sp³-hybridized carbons (Fsp3) is 0.417. The van der Waals surface area contributed by atoms with Crippen LogP contribution in [0.3, 0.4) is 0 Å². The molecule has 3 rings (SSSR count). The van der Waals surface area contributed by atoms with Crippen molar-refractivity contribution < 1.29 is 8.83 Å². The first kappa shape index (κ1) is 18.6. The second kappa shape index (κ2) is 7.19. The molecule has 0 N–H and O–H groups in total. The lowest BCUT2D eigenvalue weighted by Gasteiger charge is -2.29. The fourth-order valence-corrected chi connectivity index (χ4v) is 3.80. The molecule has 0 aliphatic heterocycles. The van der Waals surface area contributed by atoms with Gasteiger partial charge in [0.05, 0.1) is 6.26 Å². The van der Waals surface area contributed by atoms with Gasteiger partial charge in [0.2, 0.25) is 0 Å². The van der Waals surface area contributed by atoms with Crippen LogP contribution >= 0.6 is 0 Å². The molecule has 2 heterocycles. The van der Waals surface area contributed by atoms with E-state index in [-0.39, 0.29) is 16.7 Å². The van der Waals surface area contributed by atoms with Gasteiger partial charge in [-0.05, 0) is 40.7 Å². The van der Waals surface area contributed by atoms with E-state index in [4.69, 9.17) is 8.83 Å². The summed E-state index contributed by atoms with van der Waals surface area (Å²) in [4.78, 5) is 0. The molecule has 1 aromatic carbocycles. The Labute approximate surface area is 157 Å². The Morgan fingerprint density at radius 3 is 2.08 bits per heavy atom. The summed E-state index contributed by atoms with van der Waals surface area (Å²) >= 11 is 0. The van der Waals surface area contributed by atoms with Crippen molar-refractivity contribution in [3.8, 4) is 0 Å². The Balaban J connectivity index is 1.81. The smallest absolute Gasteiger partial charge is 0.112 e. The minimum Gasteiger partial charge on any atom is -0.469 e. The molecule has 0 aliphatic rings. The van der Waals surface area contributed by atoms with Crippen molar-refractivity contribution in [2.45, 2.75) is 53.4 Å². The molecule has 0 aliphatic carbocycles. The van der Waals surface area contributed by atoms with Crippen molar-refractivity contribution in [2.24, 2.45) is 10.8 Å². The third-order valence-corrected chi connectivity index (χ3v) is 4.85. The Bertz CT molecular complexity index is 802. The molecule has 0 bridgehead atoms. The van der Waals surface area contributed by atoms with E-state index in [1.807, 2.05) is 12.1 Å². The number of hydrogen-bond donors (Lipinski definition) is 0. The average molecular weight is 351 g/mol. The first-order valence-corrected chi connectivity index (χ1v) is 9.41. The summed E-state index contributed by atoms with van der Waals surface area (Å²) in [6.45, 7) is 11.3. The van der Waals surface area contributed by atoms with Gasteiger partial charge in [-0.2, -0.15) is 0 Å². The van der Waals surface area contributed by atoms with Crippen LogP contribution in [0.4, 0.5) is 0 Å². The minimum atomic E-state index is 0.0803. The van der Waals surface area contributed by atoms with E-state index >= 15 is 0 Å². The van der Waals surface area contributed by atoms with Gasteiger partial charge in [-0.1, -0.05) is 65.0 Å². The monoisotopic (exact) mass is 350 g/mol. The molecule has 1 atom stereocenters. The van der Waals surface area contributed by atoms with Crippen LogP contribution in [0.5, 0.6) is 0 Å². The predicted octanol–water partition coefficient (Wildman–Crippen LogP) is 6.86. The van der Waals surface area contributed by atoms with Gasteiger partial charge in [-0.25, -0.2) is 0 Å². The first-order valence-electron chi connectivity index (χ1n) is 9.41. The van der Waals surface area contributed by atoms with Crippen LogP contribution in [0.15, 0.2) is 69.7 Å². The number of hydrogen-bond acceptors (Lipinski definition) is 2. The van der Waals surface area contributed by atoms with E-state index in [0.717, 1.165) is 30.1 Å². The molecular weight excluding hydrogens is 320 g/mol. The largest absolute Gasteiger partial charge is 0.469 e. The lowest BCUT2D eigenvalue weighted by Crippen LogP contribution is -2.19. The van der Waals surface area contributed by atoms with Crippen LogP contribution in [0, 0.1) is 10.8 Å². The highest BCUT2D eigenvalue weighted by molar-refractivity contribution is 5.30.